The molecule has 0 spiro atoms. The first-order chi connectivity index (χ1) is 10.1. The lowest BCUT2D eigenvalue weighted by molar-refractivity contribution is 0.0900. The van der Waals surface area contributed by atoms with Crippen LogP contribution < -0.4 is 5.32 Å². The molecule has 0 saturated carbocycles. The number of amides is 1. The van der Waals surface area contributed by atoms with Gasteiger partial charge in [-0.25, -0.2) is 4.68 Å². The smallest absolute Gasteiger partial charge is 0.251 e. The molecule has 1 heterocycles. The maximum absolute atomic E-state index is 12.1. The lowest BCUT2D eigenvalue weighted by Gasteiger charge is -2.14. The van der Waals surface area contributed by atoms with Gasteiger partial charge < -0.3 is 10.4 Å². The quantitative estimate of drug-likeness (QED) is 0.820. The second-order valence-corrected chi connectivity index (χ2v) is 5.30. The Morgan fingerprint density at radius 1 is 1.43 bits per heavy atom. The summed E-state index contributed by atoms with van der Waals surface area (Å²) in [7, 11) is 0. The van der Waals surface area contributed by atoms with Crippen molar-refractivity contribution in [3.05, 3.63) is 36.2 Å². The maximum atomic E-state index is 12.1. The van der Waals surface area contributed by atoms with Crippen molar-refractivity contribution in [1.29, 1.82) is 0 Å². The Bertz CT molecular complexity index is 583. The zero-order valence-electron chi connectivity index (χ0n) is 12.1. The van der Waals surface area contributed by atoms with Crippen LogP contribution in [0.5, 0.6) is 0 Å². The normalized spacial score (nSPS) is 12.4. The molecule has 2 N–H and O–H groups in total. The summed E-state index contributed by atoms with van der Waals surface area (Å²) in [6, 6.07) is 6.97. The highest BCUT2D eigenvalue weighted by molar-refractivity contribution is 5.94. The summed E-state index contributed by atoms with van der Waals surface area (Å²) in [5.74, 6) is 0.160. The largest absolute Gasteiger partial charge is 0.391 e. The molecule has 1 atom stereocenters. The zero-order valence-corrected chi connectivity index (χ0v) is 12.1. The Labute approximate surface area is 123 Å². The molecule has 0 aliphatic rings. The van der Waals surface area contributed by atoms with Gasteiger partial charge in [-0.2, -0.15) is 0 Å². The number of hydrogen-bond acceptors (Lipinski definition) is 5. The summed E-state index contributed by atoms with van der Waals surface area (Å²) in [6.45, 7) is 4.30. The van der Waals surface area contributed by atoms with E-state index < -0.39 is 6.10 Å². The molecular formula is C14H19N5O2. The average Bonchev–Trinajstić information content (AvgIpc) is 2.98. The topological polar surface area (TPSA) is 92.9 Å². The molecule has 0 bridgehead atoms. The van der Waals surface area contributed by atoms with E-state index in [2.05, 4.69) is 20.8 Å². The number of aromatic nitrogens is 4. The summed E-state index contributed by atoms with van der Waals surface area (Å²) >= 11 is 0. The van der Waals surface area contributed by atoms with E-state index in [1.165, 1.54) is 11.0 Å². The van der Waals surface area contributed by atoms with E-state index in [0.29, 0.717) is 23.6 Å². The lowest BCUT2D eigenvalue weighted by Crippen LogP contribution is -2.32. The molecule has 0 fully saturated rings. The fraction of sp³-hybridized carbons (Fsp3) is 0.429. The molecule has 0 aliphatic heterocycles. The zero-order chi connectivity index (χ0) is 15.2. The van der Waals surface area contributed by atoms with Crippen molar-refractivity contribution in [3.8, 4) is 5.69 Å². The molecule has 2 aromatic rings. The molecule has 21 heavy (non-hydrogen) atoms. The van der Waals surface area contributed by atoms with E-state index in [9.17, 15) is 9.90 Å². The van der Waals surface area contributed by atoms with Crippen molar-refractivity contribution in [3.63, 3.8) is 0 Å². The van der Waals surface area contributed by atoms with Crippen LogP contribution >= 0.6 is 0 Å². The van der Waals surface area contributed by atoms with E-state index in [4.69, 9.17) is 0 Å². The predicted octanol–water partition coefficient (Wildman–Crippen LogP) is 0.799. The van der Waals surface area contributed by atoms with Crippen molar-refractivity contribution >= 4 is 5.91 Å². The van der Waals surface area contributed by atoms with Gasteiger partial charge in [0.25, 0.3) is 5.91 Å². The average molecular weight is 289 g/mol. The molecule has 7 heteroatoms. The minimum atomic E-state index is -0.531. The highest BCUT2D eigenvalue weighted by Crippen LogP contribution is 2.09. The molecule has 112 valence electrons. The van der Waals surface area contributed by atoms with Crippen LogP contribution in [0, 0.1) is 5.92 Å². The molecule has 1 unspecified atom stereocenters. The Balaban J connectivity index is 1.98. The maximum Gasteiger partial charge on any atom is 0.251 e. The molecule has 1 aromatic carbocycles. The van der Waals surface area contributed by atoms with Gasteiger partial charge in [0.15, 0.2) is 0 Å². The second kappa shape index (κ2) is 6.94. The Hall–Kier alpha value is -2.28. The van der Waals surface area contributed by atoms with Crippen molar-refractivity contribution in [1.82, 2.24) is 25.5 Å². The molecule has 0 aliphatic carbocycles. The van der Waals surface area contributed by atoms with Gasteiger partial charge in [-0.1, -0.05) is 19.9 Å². The summed E-state index contributed by atoms with van der Waals surface area (Å²) in [4.78, 5) is 12.1. The van der Waals surface area contributed by atoms with Crippen molar-refractivity contribution in [2.45, 2.75) is 26.4 Å². The summed E-state index contributed by atoms with van der Waals surface area (Å²) < 4.78 is 1.48. The number of carbonyl (C=O) groups is 1. The Morgan fingerprint density at radius 3 is 2.90 bits per heavy atom. The number of nitrogens with one attached hydrogen (secondary N) is 1. The molecule has 7 nitrogen and oxygen atoms in total. The number of benzene rings is 1. The molecule has 1 amide bonds. The third-order valence-corrected chi connectivity index (χ3v) is 2.96. The third-order valence-electron chi connectivity index (χ3n) is 2.96. The third kappa shape index (κ3) is 4.35. The van der Waals surface area contributed by atoms with Crippen LogP contribution in [0.1, 0.15) is 30.6 Å². The minimum Gasteiger partial charge on any atom is -0.391 e. The van der Waals surface area contributed by atoms with E-state index >= 15 is 0 Å². The van der Waals surface area contributed by atoms with Gasteiger partial charge in [0.05, 0.1) is 11.8 Å². The van der Waals surface area contributed by atoms with Crippen LogP contribution in [0.15, 0.2) is 30.6 Å². The van der Waals surface area contributed by atoms with Gasteiger partial charge in [-0.15, -0.1) is 5.10 Å². The van der Waals surface area contributed by atoms with Gasteiger partial charge in [0.1, 0.15) is 6.33 Å². The Kier molecular flexibility index (Phi) is 4.99. The fourth-order valence-corrected chi connectivity index (χ4v) is 2.01. The monoisotopic (exact) mass is 289 g/mol. The number of carbonyl (C=O) groups excluding carboxylic acids is 1. The number of nitrogens with zero attached hydrogens (tertiary/aromatic N) is 4. The van der Waals surface area contributed by atoms with Crippen LogP contribution in [0.2, 0.25) is 0 Å². The van der Waals surface area contributed by atoms with Gasteiger partial charge in [-0.3, -0.25) is 4.79 Å². The fourth-order valence-electron chi connectivity index (χ4n) is 2.01. The first kappa shape index (κ1) is 15.1. The Morgan fingerprint density at radius 2 is 2.24 bits per heavy atom. The number of rotatable bonds is 6. The van der Waals surface area contributed by atoms with Gasteiger partial charge >= 0.3 is 0 Å². The second-order valence-electron chi connectivity index (χ2n) is 5.30. The van der Waals surface area contributed by atoms with Gasteiger partial charge in [0.2, 0.25) is 0 Å². The van der Waals surface area contributed by atoms with E-state index in [0.717, 1.165) is 0 Å². The van der Waals surface area contributed by atoms with Gasteiger partial charge in [0, 0.05) is 12.1 Å². The number of hydrogen-bond donors (Lipinski definition) is 2. The highest BCUT2D eigenvalue weighted by Gasteiger charge is 2.11. The molecule has 2 rings (SSSR count). The van der Waals surface area contributed by atoms with Crippen LogP contribution in [0.25, 0.3) is 5.69 Å². The van der Waals surface area contributed by atoms with Crippen molar-refractivity contribution < 1.29 is 9.90 Å². The van der Waals surface area contributed by atoms with E-state index in [-0.39, 0.29) is 12.5 Å². The minimum absolute atomic E-state index is 0.229. The number of aliphatic hydroxyl groups excluding tert-OH is 1. The van der Waals surface area contributed by atoms with E-state index in [1.54, 1.807) is 24.3 Å². The predicted molar refractivity (Wildman–Crippen MR) is 76.9 cm³/mol. The first-order valence-corrected chi connectivity index (χ1v) is 6.86. The molecular weight excluding hydrogens is 270 g/mol. The highest BCUT2D eigenvalue weighted by atomic mass is 16.3. The van der Waals surface area contributed by atoms with Crippen molar-refractivity contribution in [2.75, 3.05) is 6.54 Å². The summed E-state index contributed by atoms with van der Waals surface area (Å²) in [6.07, 6.45) is 1.59. The van der Waals surface area contributed by atoms with Crippen molar-refractivity contribution in [2.24, 2.45) is 5.92 Å². The summed E-state index contributed by atoms with van der Waals surface area (Å²) in [5, 5.41) is 23.4. The molecule has 1 aromatic heterocycles. The number of tetrazole rings is 1. The van der Waals surface area contributed by atoms with E-state index in [1.807, 2.05) is 13.8 Å². The number of aliphatic hydroxyl groups is 1. The first-order valence-electron chi connectivity index (χ1n) is 6.86. The summed E-state index contributed by atoms with van der Waals surface area (Å²) in [5.41, 5.74) is 1.20. The van der Waals surface area contributed by atoms with Crippen LogP contribution in [0.4, 0.5) is 0 Å². The molecule has 0 saturated heterocycles. The van der Waals surface area contributed by atoms with Crippen LogP contribution in [-0.2, 0) is 0 Å². The van der Waals surface area contributed by atoms with Gasteiger partial charge in [-0.05, 0) is 41.0 Å². The van der Waals surface area contributed by atoms with Crippen LogP contribution in [-0.4, -0.2) is 43.9 Å². The SMILES string of the molecule is CC(C)CC(O)CNC(=O)c1cccc(-n2cnnn2)c1. The van der Waals surface area contributed by atoms with Crippen LogP contribution in [0.3, 0.4) is 0 Å². The molecule has 0 radical (unpaired) electrons. The lowest BCUT2D eigenvalue weighted by atomic mass is 10.1. The standard InChI is InChI=1S/C14H19N5O2/c1-10(2)6-13(20)8-15-14(21)11-4-3-5-12(7-11)19-9-16-17-18-19/h3-5,7,9-10,13,20H,6,8H2,1-2H3,(H,15,21).